The molecule has 118 valence electrons. The first-order chi connectivity index (χ1) is 8.61. The van der Waals surface area contributed by atoms with E-state index in [1.165, 1.54) is 6.07 Å². The summed E-state index contributed by atoms with van der Waals surface area (Å²) in [6.07, 6.45) is 0. The molecule has 0 aromatic heterocycles. The summed E-state index contributed by atoms with van der Waals surface area (Å²) >= 11 is 0. The van der Waals surface area contributed by atoms with Gasteiger partial charge < -0.3 is 51.0 Å². The fraction of sp³-hybridized carbons (Fsp3) is 0. The van der Waals surface area contributed by atoms with Crippen LogP contribution < -0.4 is 11.5 Å². The summed E-state index contributed by atoms with van der Waals surface area (Å²) in [5.74, 6) is -0.321. The minimum absolute atomic E-state index is 0.160. The monoisotopic (exact) mass is 336 g/mol. The third kappa shape index (κ3) is 19.0. The Bertz CT molecular complexity index is 436. The smallest absolute Gasteiger partial charge is 0.466 e. The Labute approximate surface area is 112 Å². The SMILES string of the molecule is Nc1cc(N)c(O)cc1O.O=P(O)(O)O.O=P(O)(O)O. The van der Waals surface area contributed by atoms with Crippen molar-refractivity contribution in [2.75, 3.05) is 11.5 Å². The number of rotatable bonds is 0. The molecule has 12 N–H and O–H groups in total. The molecule has 0 saturated carbocycles. The highest BCUT2D eigenvalue weighted by Gasteiger charge is 2.01. The molecule has 0 radical (unpaired) electrons. The largest absolute Gasteiger partial charge is 0.506 e. The van der Waals surface area contributed by atoms with E-state index >= 15 is 0 Å². The number of benzene rings is 1. The molecular formula is C6H14N2O10P2. The maximum atomic E-state index is 8.88. The van der Waals surface area contributed by atoms with E-state index in [2.05, 4.69) is 0 Å². The lowest BCUT2D eigenvalue weighted by atomic mass is 10.2. The van der Waals surface area contributed by atoms with Crippen molar-refractivity contribution in [1.82, 2.24) is 0 Å². The molecule has 0 aliphatic heterocycles. The van der Waals surface area contributed by atoms with Gasteiger partial charge in [-0.15, -0.1) is 0 Å². The summed E-state index contributed by atoms with van der Waals surface area (Å²) in [5.41, 5.74) is 10.8. The van der Waals surface area contributed by atoms with E-state index in [9.17, 15) is 0 Å². The van der Waals surface area contributed by atoms with Gasteiger partial charge in [-0.25, -0.2) is 9.13 Å². The van der Waals surface area contributed by atoms with Crippen molar-refractivity contribution in [3.63, 3.8) is 0 Å². The minimum Gasteiger partial charge on any atom is -0.506 e. The molecule has 0 saturated heterocycles. The summed E-state index contributed by atoms with van der Waals surface area (Å²) in [7, 11) is -9.28. The van der Waals surface area contributed by atoms with Gasteiger partial charge in [0, 0.05) is 6.07 Å². The van der Waals surface area contributed by atoms with Crippen molar-refractivity contribution < 1.29 is 48.7 Å². The van der Waals surface area contributed by atoms with Crippen molar-refractivity contribution in [3.8, 4) is 11.5 Å². The van der Waals surface area contributed by atoms with Crippen LogP contribution in [-0.4, -0.2) is 39.6 Å². The van der Waals surface area contributed by atoms with Crippen molar-refractivity contribution in [3.05, 3.63) is 12.1 Å². The third-order valence-electron chi connectivity index (χ3n) is 1.18. The van der Waals surface area contributed by atoms with Gasteiger partial charge in [0.25, 0.3) is 0 Å². The molecule has 12 nitrogen and oxygen atoms in total. The first kappa shape index (κ1) is 20.9. The summed E-state index contributed by atoms with van der Waals surface area (Å²) in [5, 5.41) is 17.8. The second-order valence-corrected chi connectivity index (χ2v) is 5.05. The summed E-state index contributed by atoms with van der Waals surface area (Å²) in [6.45, 7) is 0. The average Bonchev–Trinajstić information content (AvgIpc) is 2.09. The van der Waals surface area contributed by atoms with Gasteiger partial charge in [-0.3, -0.25) is 0 Å². The molecule has 1 rings (SSSR count). The van der Waals surface area contributed by atoms with Crippen LogP contribution in [0.4, 0.5) is 11.4 Å². The lowest BCUT2D eigenvalue weighted by Gasteiger charge is -2.01. The van der Waals surface area contributed by atoms with E-state index in [4.69, 9.17) is 60.2 Å². The normalized spacial score (nSPS) is 10.7. The molecule has 0 fully saturated rings. The standard InChI is InChI=1S/C6H8N2O2.2H3O4P/c7-3-1-4(8)6(10)2-5(3)9;2*1-5(2,3)4/h1-2,9-10H,7-8H2;2*(H3,1,2,3,4). The van der Waals surface area contributed by atoms with E-state index in [1.54, 1.807) is 0 Å². The first-order valence-corrected chi connectivity index (χ1v) is 7.37. The van der Waals surface area contributed by atoms with Gasteiger partial charge in [-0.1, -0.05) is 0 Å². The molecular weight excluding hydrogens is 322 g/mol. The van der Waals surface area contributed by atoms with E-state index < -0.39 is 15.6 Å². The predicted octanol–water partition coefficient (Wildman–Crippen LogP) is -1.60. The summed E-state index contributed by atoms with van der Waals surface area (Å²) in [6, 6.07) is 2.40. The van der Waals surface area contributed by atoms with Crippen LogP contribution in [0.5, 0.6) is 11.5 Å². The molecule has 0 bridgehead atoms. The van der Waals surface area contributed by atoms with Crippen LogP contribution in [0.2, 0.25) is 0 Å². The van der Waals surface area contributed by atoms with Crippen molar-refractivity contribution >= 4 is 27.0 Å². The van der Waals surface area contributed by atoms with Crippen LogP contribution in [0.25, 0.3) is 0 Å². The van der Waals surface area contributed by atoms with Gasteiger partial charge in [0.15, 0.2) is 0 Å². The van der Waals surface area contributed by atoms with Crippen LogP contribution in [0.3, 0.4) is 0 Å². The van der Waals surface area contributed by atoms with Gasteiger partial charge in [0.05, 0.1) is 11.4 Å². The number of hydrogen-bond donors (Lipinski definition) is 10. The maximum absolute atomic E-state index is 8.88. The zero-order valence-corrected chi connectivity index (χ0v) is 11.4. The molecule has 20 heavy (non-hydrogen) atoms. The van der Waals surface area contributed by atoms with Crippen molar-refractivity contribution in [1.29, 1.82) is 0 Å². The van der Waals surface area contributed by atoms with Gasteiger partial charge >= 0.3 is 15.6 Å². The fourth-order valence-corrected chi connectivity index (χ4v) is 0.612. The number of nitrogen functional groups attached to an aromatic ring is 2. The summed E-state index contributed by atoms with van der Waals surface area (Å²) in [4.78, 5) is 43.1. The van der Waals surface area contributed by atoms with E-state index in [1.807, 2.05) is 0 Å². The topological polar surface area (TPSA) is 248 Å². The average molecular weight is 336 g/mol. The van der Waals surface area contributed by atoms with E-state index in [0.717, 1.165) is 6.07 Å². The fourth-order valence-electron chi connectivity index (χ4n) is 0.612. The van der Waals surface area contributed by atoms with Crippen LogP contribution in [0.15, 0.2) is 12.1 Å². The Morgan fingerprint density at radius 3 is 1.05 bits per heavy atom. The van der Waals surface area contributed by atoms with Crippen molar-refractivity contribution in [2.24, 2.45) is 0 Å². The third-order valence-corrected chi connectivity index (χ3v) is 1.18. The Morgan fingerprint density at radius 2 is 0.900 bits per heavy atom. The lowest BCUT2D eigenvalue weighted by molar-refractivity contribution is 0.272. The quantitative estimate of drug-likeness (QED) is 0.111. The molecule has 1 aromatic rings. The molecule has 0 aliphatic carbocycles. The zero-order valence-electron chi connectivity index (χ0n) is 9.60. The predicted molar refractivity (Wildman–Crippen MR) is 67.1 cm³/mol. The van der Waals surface area contributed by atoms with E-state index in [-0.39, 0.29) is 22.9 Å². The van der Waals surface area contributed by atoms with E-state index in [0.29, 0.717) is 0 Å². The van der Waals surface area contributed by atoms with Crippen LogP contribution in [-0.2, 0) is 9.13 Å². The van der Waals surface area contributed by atoms with Crippen LogP contribution in [0, 0.1) is 0 Å². The number of nitrogens with two attached hydrogens (primary N) is 2. The second kappa shape index (κ2) is 8.04. The van der Waals surface area contributed by atoms with Gasteiger partial charge in [-0.05, 0) is 6.07 Å². The highest BCUT2D eigenvalue weighted by molar-refractivity contribution is 7.45. The van der Waals surface area contributed by atoms with Crippen LogP contribution >= 0.6 is 15.6 Å². The number of phenols is 2. The molecule has 0 spiro atoms. The molecule has 0 amide bonds. The lowest BCUT2D eigenvalue weighted by Crippen LogP contribution is -1.90. The van der Waals surface area contributed by atoms with Gasteiger partial charge in [-0.2, -0.15) is 0 Å². The number of anilines is 2. The maximum Gasteiger partial charge on any atom is 0.466 e. The Kier molecular flexibility index (Phi) is 8.43. The zero-order chi connectivity index (χ0) is 16.7. The Morgan fingerprint density at radius 1 is 0.700 bits per heavy atom. The highest BCUT2D eigenvalue weighted by Crippen LogP contribution is 2.30. The summed E-state index contributed by atoms with van der Waals surface area (Å²) < 4.78 is 17.8. The molecule has 0 unspecified atom stereocenters. The van der Waals surface area contributed by atoms with Crippen LogP contribution in [0.1, 0.15) is 0 Å². The minimum atomic E-state index is -4.64. The van der Waals surface area contributed by atoms with Gasteiger partial charge in [0.2, 0.25) is 0 Å². The highest BCUT2D eigenvalue weighted by atomic mass is 31.2. The second-order valence-electron chi connectivity index (χ2n) is 3.00. The molecule has 0 atom stereocenters. The number of hydrogen-bond acceptors (Lipinski definition) is 6. The molecule has 14 heteroatoms. The number of phenolic OH excluding ortho intramolecular Hbond substituents is 2. The van der Waals surface area contributed by atoms with Gasteiger partial charge in [0.1, 0.15) is 11.5 Å². The number of aromatic hydroxyl groups is 2. The molecule has 1 aromatic carbocycles. The first-order valence-electron chi connectivity index (χ1n) is 4.24. The Balaban J connectivity index is 0. The molecule has 0 aliphatic rings. The van der Waals surface area contributed by atoms with Crippen molar-refractivity contribution in [2.45, 2.75) is 0 Å². The Hall–Kier alpha value is -1.36. The molecule has 0 heterocycles. The number of phosphoric acid groups is 2.